The van der Waals surface area contributed by atoms with Gasteiger partial charge in [-0.25, -0.2) is 0 Å². The lowest BCUT2D eigenvalue weighted by atomic mass is 10.1. The van der Waals surface area contributed by atoms with E-state index in [1.54, 1.807) is 12.3 Å². The van der Waals surface area contributed by atoms with E-state index in [1.165, 1.54) is 0 Å². The highest BCUT2D eigenvalue weighted by molar-refractivity contribution is 6.43. The van der Waals surface area contributed by atoms with Gasteiger partial charge in [0.1, 0.15) is 5.76 Å². The molecule has 0 aliphatic heterocycles. The van der Waals surface area contributed by atoms with E-state index in [4.69, 9.17) is 27.6 Å². The summed E-state index contributed by atoms with van der Waals surface area (Å²) in [7, 11) is 0. The van der Waals surface area contributed by atoms with Gasteiger partial charge in [0.05, 0.1) is 22.9 Å². The minimum absolute atomic E-state index is 0.555. The first kappa shape index (κ1) is 12.5. The average Bonchev–Trinajstić information content (AvgIpc) is 2.78. The third-order valence-corrected chi connectivity index (χ3v) is 3.34. The van der Waals surface area contributed by atoms with Gasteiger partial charge in [-0.1, -0.05) is 42.3 Å². The van der Waals surface area contributed by atoms with Gasteiger partial charge in [-0.15, -0.1) is 0 Å². The first-order chi connectivity index (χ1) is 8.24. The van der Waals surface area contributed by atoms with Crippen LogP contribution in [-0.4, -0.2) is 6.54 Å². The van der Waals surface area contributed by atoms with E-state index >= 15 is 0 Å². The summed E-state index contributed by atoms with van der Waals surface area (Å²) in [6, 6.07) is 7.50. The van der Waals surface area contributed by atoms with Gasteiger partial charge in [-0.2, -0.15) is 0 Å². The van der Waals surface area contributed by atoms with E-state index in [0.717, 1.165) is 23.4 Å². The molecule has 0 unspecified atom stereocenters. The van der Waals surface area contributed by atoms with Gasteiger partial charge >= 0.3 is 0 Å². The maximum Gasteiger partial charge on any atom is 0.125 e. The van der Waals surface area contributed by atoms with Crippen molar-refractivity contribution in [2.75, 3.05) is 6.54 Å². The van der Waals surface area contributed by atoms with Crippen LogP contribution < -0.4 is 5.32 Å². The Balaban J connectivity index is 2.39. The van der Waals surface area contributed by atoms with Gasteiger partial charge in [-0.05, 0) is 18.7 Å². The van der Waals surface area contributed by atoms with Gasteiger partial charge in [0.2, 0.25) is 0 Å². The second kappa shape index (κ2) is 5.58. The molecule has 1 aromatic heterocycles. The summed E-state index contributed by atoms with van der Waals surface area (Å²) in [4.78, 5) is 0. The molecule has 0 bridgehead atoms. The lowest BCUT2D eigenvalue weighted by Gasteiger charge is -2.06. The zero-order valence-electron chi connectivity index (χ0n) is 9.47. The summed E-state index contributed by atoms with van der Waals surface area (Å²) in [5.74, 6) is 0.871. The lowest BCUT2D eigenvalue weighted by Crippen LogP contribution is -2.11. The molecule has 17 heavy (non-hydrogen) atoms. The Hall–Kier alpha value is -0.960. The molecule has 1 N–H and O–H groups in total. The predicted octanol–water partition coefficient (Wildman–Crippen LogP) is 4.36. The van der Waals surface area contributed by atoms with Crippen LogP contribution in [0.4, 0.5) is 0 Å². The molecule has 0 aliphatic carbocycles. The van der Waals surface area contributed by atoms with Crippen LogP contribution in [-0.2, 0) is 6.54 Å². The topological polar surface area (TPSA) is 25.2 Å². The van der Waals surface area contributed by atoms with E-state index in [-0.39, 0.29) is 0 Å². The smallest absolute Gasteiger partial charge is 0.125 e. The Labute approximate surface area is 111 Å². The number of halogens is 2. The molecule has 1 heterocycles. The normalized spacial score (nSPS) is 10.8. The van der Waals surface area contributed by atoms with Crippen LogP contribution in [0, 0.1) is 0 Å². The molecule has 2 aromatic rings. The summed E-state index contributed by atoms with van der Waals surface area (Å²) in [6.07, 6.45) is 1.67. The fraction of sp³-hybridized carbons (Fsp3) is 0.231. The van der Waals surface area contributed by atoms with Crippen LogP contribution in [0.25, 0.3) is 11.1 Å². The van der Waals surface area contributed by atoms with Crippen molar-refractivity contribution in [3.05, 3.63) is 46.3 Å². The maximum absolute atomic E-state index is 6.20. The van der Waals surface area contributed by atoms with Gasteiger partial charge in [0.15, 0.2) is 0 Å². The molecule has 0 fully saturated rings. The van der Waals surface area contributed by atoms with E-state index in [1.807, 2.05) is 18.2 Å². The van der Waals surface area contributed by atoms with E-state index in [2.05, 4.69) is 12.2 Å². The average molecular weight is 270 g/mol. The zero-order chi connectivity index (χ0) is 12.3. The minimum atomic E-state index is 0.555. The zero-order valence-corrected chi connectivity index (χ0v) is 11.0. The van der Waals surface area contributed by atoms with Crippen molar-refractivity contribution >= 4 is 23.2 Å². The summed E-state index contributed by atoms with van der Waals surface area (Å²) in [5, 5.41) is 4.34. The number of nitrogens with one attached hydrogen (secondary N) is 1. The van der Waals surface area contributed by atoms with Gasteiger partial charge in [0, 0.05) is 11.1 Å². The Kier molecular flexibility index (Phi) is 4.11. The second-order valence-corrected chi connectivity index (χ2v) is 4.42. The molecule has 0 atom stereocenters. The summed E-state index contributed by atoms with van der Waals surface area (Å²) >= 11 is 12.2. The SMILES string of the molecule is CCNCc1occc1-c1cccc(Cl)c1Cl. The summed E-state index contributed by atoms with van der Waals surface area (Å²) in [6.45, 7) is 3.63. The first-order valence-electron chi connectivity index (χ1n) is 5.45. The molecule has 1 aromatic carbocycles. The molecule has 0 aliphatic rings. The van der Waals surface area contributed by atoms with Gasteiger partial charge < -0.3 is 9.73 Å². The minimum Gasteiger partial charge on any atom is -0.467 e. The lowest BCUT2D eigenvalue weighted by molar-refractivity contribution is 0.489. The molecule has 0 amide bonds. The Morgan fingerprint density at radius 2 is 2.00 bits per heavy atom. The van der Waals surface area contributed by atoms with Crippen molar-refractivity contribution in [2.45, 2.75) is 13.5 Å². The largest absolute Gasteiger partial charge is 0.467 e. The molecular formula is C13H13Cl2NO. The van der Waals surface area contributed by atoms with E-state index in [0.29, 0.717) is 16.6 Å². The van der Waals surface area contributed by atoms with E-state index < -0.39 is 0 Å². The molecule has 90 valence electrons. The highest BCUT2D eigenvalue weighted by Gasteiger charge is 2.12. The standard InChI is InChI=1S/C13H13Cl2NO/c1-2-16-8-12-9(6-7-17-12)10-4-3-5-11(14)13(10)15/h3-7,16H,2,8H2,1H3. The first-order valence-corrected chi connectivity index (χ1v) is 6.21. The summed E-state index contributed by atoms with van der Waals surface area (Å²) < 4.78 is 5.45. The second-order valence-electron chi connectivity index (χ2n) is 3.64. The quantitative estimate of drug-likeness (QED) is 0.892. The number of rotatable bonds is 4. The number of hydrogen-bond donors (Lipinski definition) is 1. The monoisotopic (exact) mass is 269 g/mol. The highest BCUT2D eigenvalue weighted by Crippen LogP contribution is 2.35. The van der Waals surface area contributed by atoms with Gasteiger partial charge in [-0.3, -0.25) is 0 Å². The van der Waals surface area contributed by atoms with Crippen LogP contribution in [0.2, 0.25) is 10.0 Å². The molecule has 2 nitrogen and oxygen atoms in total. The van der Waals surface area contributed by atoms with Crippen LogP contribution >= 0.6 is 23.2 Å². The number of furan rings is 1. The van der Waals surface area contributed by atoms with Crippen molar-refractivity contribution in [2.24, 2.45) is 0 Å². The molecular weight excluding hydrogens is 257 g/mol. The fourth-order valence-corrected chi connectivity index (χ4v) is 2.07. The van der Waals surface area contributed by atoms with Crippen LogP contribution in [0.15, 0.2) is 34.9 Å². The molecule has 0 saturated carbocycles. The number of benzene rings is 1. The summed E-state index contributed by atoms with van der Waals surface area (Å²) in [5.41, 5.74) is 1.89. The van der Waals surface area contributed by atoms with Crippen molar-refractivity contribution in [3.8, 4) is 11.1 Å². The fourth-order valence-electron chi connectivity index (χ4n) is 1.67. The molecule has 0 spiro atoms. The number of hydrogen-bond acceptors (Lipinski definition) is 2. The molecule has 0 saturated heterocycles. The van der Waals surface area contributed by atoms with Crippen LogP contribution in [0.5, 0.6) is 0 Å². The van der Waals surface area contributed by atoms with Gasteiger partial charge in [0.25, 0.3) is 0 Å². The Bertz CT molecular complexity index is 508. The van der Waals surface area contributed by atoms with E-state index in [9.17, 15) is 0 Å². The highest BCUT2D eigenvalue weighted by atomic mass is 35.5. The third-order valence-electron chi connectivity index (χ3n) is 2.52. The molecule has 2 rings (SSSR count). The van der Waals surface area contributed by atoms with Crippen molar-refractivity contribution in [1.82, 2.24) is 5.32 Å². The van der Waals surface area contributed by atoms with Crippen molar-refractivity contribution < 1.29 is 4.42 Å². The Morgan fingerprint density at radius 1 is 1.18 bits per heavy atom. The third kappa shape index (κ3) is 2.65. The van der Waals surface area contributed by atoms with Crippen LogP contribution in [0.3, 0.4) is 0 Å². The van der Waals surface area contributed by atoms with Crippen LogP contribution in [0.1, 0.15) is 12.7 Å². The van der Waals surface area contributed by atoms with Crippen molar-refractivity contribution in [3.63, 3.8) is 0 Å². The maximum atomic E-state index is 6.20. The molecule has 0 radical (unpaired) electrons. The predicted molar refractivity (Wildman–Crippen MR) is 71.5 cm³/mol. The Morgan fingerprint density at radius 3 is 2.76 bits per heavy atom. The van der Waals surface area contributed by atoms with Crippen molar-refractivity contribution in [1.29, 1.82) is 0 Å². The molecule has 4 heteroatoms.